The molecule has 3 heteroatoms. The minimum absolute atomic E-state index is 0.179. The molecule has 0 saturated heterocycles. The molecule has 0 radical (unpaired) electrons. The average molecular weight is 216 g/mol. The van der Waals surface area contributed by atoms with E-state index in [1.54, 1.807) is 0 Å². The van der Waals surface area contributed by atoms with Crippen molar-refractivity contribution in [3.8, 4) is 0 Å². The zero-order chi connectivity index (χ0) is 11.9. The van der Waals surface area contributed by atoms with E-state index in [1.165, 1.54) is 0 Å². The maximum absolute atomic E-state index is 5.63. The lowest BCUT2D eigenvalue weighted by Crippen LogP contribution is -2.38. The molecule has 0 amide bonds. The molecule has 0 unspecified atom stereocenters. The Labute approximate surface area is 95.0 Å². The summed E-state index contributed by atoms with van der Waals surface area (Å²) in [6.45, 7) is 10.4. The van der Waals surface area contributed by atoms with Crippen molar-refractivity contribution in [2.75, 3.05) is 27.3 Å². The van der Waals surface area contributed by atoms with Crippen LogP contribution in [0.15, 0.2) is 0 Å². The van der Waals surface area contributed by atoms with Crippen molar-refractivity contribution in [2.24, 2.45) is 0 Å². The quantitative estimate of drug-likeness (QED) is 0.607. The summed E-state index contributed by atoms with van der Waals surface area (Å²) in [6.07, 6.45) is 2.09. The van der Waals surface area contributed by atoms with E-state index >= 15 is 0 Å². The first-order chi connectivity index (χ1) is 6.83. The molecule has 0 heterocycles. The van der Waals surface area contributed by atoms with Crippen molar-refractivity contribution in [3.63, 3.8) is 0 Å². The lowest BCUT2D eigenvalue weighted by atomic mass is 10.0. The van der Waals surface area contributed by atoms with Crippen LogP contribution in [0.4, 0.5) is 0 Å². The van der Waals surface area contributed by atoms with Gasteiger partial charge >= 0.3 is 0 Å². The highest BCUT2D eigenvalue weighted by atomic mass is 16.5. The summed E-state index contributed by atoms with van der Waals surface area (Å²) in [4.78, 5) is 0. The first-order valence-electron chi connectivity index (χ1n) is 5.78. The summed E-state index contributed by atoms with van der Waals surface area (Å²) in [5, 5.41) is 6.53. The summed E-state index contributed by atoms with van der Waals surface area (Å²) in [5.41, 5.74) is 0.358. The highest BCUT2D eigenvalue weighted by Crippen LogP contribution is 2.09. The van der Waals surface area contributed by atoms with Crippen molar-refractivity contribution in [1.29, 1.82) is 0 Å². The van der Waals surface area contributed by atoms with Crippen LogP contribution in [0.1, 0.15) is 40.5 Å². The summed E-state index contributed by atoms with van der Waals surface area (Å²) < 4.78 is 5.63. The molecule has 0 aliphatic carbocycles. The molecule has 0 atom stereocenters. The van der Waals surface area contributed by atoms with Crippen LogP contribution in [0.2, 0.25) is 0 Å². The molecular formula is C12H28N2O. The van der Waals surface area contributed by atoms with E-state index in [-0.39, 0.29) is 11.1 Å². The van der Waals surface area contributed by atoms with Gasteiger partial charge in [-0.15, -0.1) is 0 Å². The normalized spacial score (nSPS) is 13.2. The van der Waals surface area contributed by atoms with Crippen LogP contribution in [-0.4, -0.2) is 38.4 Å². The molecule has 0 aliphatic heterocycles. The van der Waals surface area contributed by atoms with Crippen LogP contribution < -0.4 is 10.6 Å². The molecule has 0 spiro atoms. The molecule has 0 aromatic carbocycles. The maximum atomic E-state index is 5.63. The second-order valence-electron chi connectivity index (χ2n) is 5.38. The van der Waals surface area contributed by atoms with Crippen LogP contribution in [0.5, 0.6) is 0 Å². The molecule has 2 N–H and O–H groups in total. The third-order valence-electron chi connectivity index (χ3n) is 3.10. The first-order valence-corrected chi connectivity index (χ1v) is 5.78. The zero-order valence-electron chi connectivity index (χ0n) is 11.2. The lowest BCUT2D eigenvalue weighted by Gasteiger charge is -2.25. The van der Waals surface area contributed by atoms with Crippen molar-refractivity contribution in [2.45, 2.75) is 51.6 Å². The standard InChI is InChI=1S/C12H28N2O/c1-11(2,13-5)7-9-15-10-8-12(3,4)14-6/h13-14H,7-10H2,1-6H3. The average Bonchev–Trinajstić information content (AvgIpc) is 2.17. The van der Waals surface area contributed by atoms with Crippen LogP contribution in [-0.2, 0) is 4.74 Å². The first kappa shape index (κ1) is 14.9. The minimum Gasteiger partial charge on any atom is -0.381 e. The Bertz CT molecular complexity index is 149. The second-order valence-corrected chi connectivity index (χ2v) is 5.38. The number of rotatable bonds is 8. The van der Waals surface area contributed by atoms with Crippen LogP contribution in [0.25, 0.3) is 0 Å². The second kappa shape index (κ2) is 6.46. The summed E-state index contributed by atoms with van der Waals surface area (Å²) >= 11 is 0. The molecule has 0 aromatic rings. The Morgan fingerprint density at radius 2 is 1.13 bits per heavy atom. The largest absolute Gasteiger partial charge is 0.381 e. The molecule has 0 bridgehead atoms. The molecule has 0 saturated carbocycles. The van der Waals surface area contributed by atoms with E-state index in [0.717, 1.165) is 26.1 Å². The van der Waals surface area contributed by atoms with Gasteiger partial charge in [0.15, 0.2) is 0 Å². The van der Waals surface area contributed by atoms with Gasteiger partial charge in [0.2, 0.25) is 0 Å². The molecular weight excluding hydrogens is 188 g/mol. The summed E-state index contributed by atoms with van der Waals surface area (Å²) in [5.74, 6) is 0. The van der Waals surface area contributed by atoms with Crippen LogP contribution in [0.3, 0.4) is 0 Å². The molecule has 3 nitrogen and oxygen atoms in total. The van der Waals surface area contributed by atoms with Crippen molar-refractivity contribution >= 4 is 0 Å². The van der Waals surface area contributed by atoms with Gasteiger partial charge in [0.1, 0.15) is 0 Å². The van der Waals surface area contributed by atoms with Gasteiger partial charge in [-0.3, -0.25) is 0 Å². The highest BCUT2D eigenvalue weighted by molar-refractivity contribution is 4.76. The van der Waals surface area contributed by atoms with Gasteiger partial charge in [0.25, 0.3) is 0 Å². The van der Waals surface area contributed by atoms with E-state index in [2.05, 4.69) is 38.3 Å². The number of hydrogen-bond acceptors (Lipinski definition) is 3. The maximum Gasteiger partial charge on any atom is 0.0483 e. The SMILES string of the molecule is CNC(C)(C)CCOCCC(C)(C)NC. The van der Waals surface area contributed by atoms with Gasteiger partial charge in [-0.1, -0.05) is 0 Å². The topological polar surface area (TPSA) is 33.3 Å². The van der Waals surface area contributed by atoms with Crippen LogP contribution >= 0.6 is 0 Å². The van der Waals surface area contributed by atoms with E-state index < -0.39 is 0 Å². The molecule has 0 fully saturated rings. The fraction of sp³-hybridized carbons (Fsp3) is 1.00. The predicted molar refractivity (Wildman–Crippen MR) is 66.3 cm³/mol. The molecule has 0 aliphatic rings. The third kappa shape index (κ3) is 7.77. The third-order valence-corrected chi connectivity index (χ3v) is 3.10. The Kier molecular flexibility index (Phi) is 6.41. The molecule has 0 rings (SSSR count). The van der Waals surface area contributed by atoms with Crippen molar-refractivity contribution < 1.29 is 4.74 Å². The Hall–Kier alpha value is -0.120. The number of ether oxygens (including phenoxy) is 1. The highest BCUT2D eigenvalue weighted by Gasteiger charge is 2.16. The molecule has 0 aromatic heterocycles. The number of hydrogen-bond donors (Lipinski definition) is 2. The fourth-order valence-corrected chi connectivity index (χ4v) is 1.01. The van der Waals surface area contributed by atoms with Crippen LogP contribution in [0, 0.1) is 0 Å². The monoisotopic (exact) mass is 216 g/mol. The predicted octanol–water partition coefficient (Wildman–Crippen LogP) is 1.78. The molecule has 92 valence electrons. The Morgan fingerprint density at radius 1 is 0.800 bits per heavy atom. The van der Waals surface area contributed by atoms with Crippen molar-refractivity contribution in [3.05, 3.63) is 0 Å². The van der Waals surface area contributed by atoms with Crippen molar-refractivity contribution in [1.82, 2.24) is 10.6 Å². The fourth-order valence-electron chi connectivity index (χ4n) is 1.01. The Morgan fingerprint density at radius 3 is 1.40 bits per heavy atom. The van der Waals surface area contributed by atoms with Gasteiger partial charge in [0.05, 0.1) is 0 Å². The van der Waals surface area contributed by atoms with Gasteiger partial charge in [-0.05, 0) is 54.6 Å². The van der Waals surface area contributed by atoms with E-state index in [0.29, 0.717) is 0 Å². The Balaban J connectivity index is 3.48. The van der Waals surface area contributed by atoms with E-state index in [1.807, 2.05) is 14.1 Å². The van der Waals surface area contributed by atoms with E-state index in [9.17, 15) is 0 Å². The zero-order valence-corrected chi connectivity index (χ0v) is 11.2. The number of nitrogens with one attached hydrogen (secondary N) is 2. The van der Waals surface area contributed by atoms with Gasteiger partial charge in [-0.2, -0.15) is 0 Å². The smallest absolute Gasteiger partial charge is 0.0483 e. The summed E-state index contributed by atoms with van der Waals surface area (Å²) in [7, 11) is 3.98. The van der Waals surface area contributed by atoms with E-state index in [4.69, 9.17) is 4.74 Å². The van der Waals surface area contributed by atoms with Gasteiger partial charge < -0.3 is 15.4 Å². The van der Waals surface area contributed by atoms with Gasteiger partial charge in [-0.25, -0.2) is 0 Å². The minimum atomic E-state index is 0.179. The lowest BCUT2D eigenvalue weighted by molar-refractivity contribution is 0.0980. The van der Waals surface area contributed by atoms with Gasteiger partial charge in [0, 0.05) is 24.3 Å². The molecule has 15 heavy (non-hydrogen) atoms. The summed E-state index contributed by atoms with van der Waals surface area (Å²) in [6, 6.07) is 0.